The highest BCUT2D eigenvalue weighted by atomic mass is 79.9. The SMILES string of the molecule is Cc1c[nH]c(=O)n1-c1ccccc1NC(=O)CCn1cnc2ccc(Br)cc2c1=O. The molecule has 1 amide bonds. The van der Waals surface area contributed by atoms with E-state index in [2.05, 4.69) is 31.2 Å². The van der Waals surface area contributed by atoms with Crippen LogP contribution in [0.25, 0.3) is 16.6 Å². The smallest absolute Gasteiger partial charge is 0.324 e. The zero-order valence-corrected chi connectivity index (χ0v) is 17.6. The number of fused-ring (bicyclic) bond motifs is 1. The minimum absolute atomic E-state index is 0.0798. The second-order valence-corrected chi connectivity index (χ2v) is 7.71. The van der Waals surface area contributed by atoms with Gasteiger partial charge in [0.1, 0.15) is 0 Å². The molecule has 2 aromatic heterocycles. The van der Waals surface area contributed by atoms with Gasteiger partial charge < -0.3 is 10.3 Å². The fraction of sp³-hybridized carbons (Fsp3) is 0.143. The molecule has 0 unspecified atom stereocenters. The van der Waals surface area contributed by atoms with Gasteiger partial charge in [-0.05, 0) is 37.3 Å². The number of H-pyrrole nitrogens is 1. The van der Waals surface area contributed by atoms with E-state index in [-0.39, 0.29) is 30.1 Å². The first-order valence-corrected chi connectivity index (χ1v) is 10.0. The quantitative estimate of drug-likeness (QED) is 0.470. The first kappa shape index (κ1) is 19.8. The monoisotopic (exact) mass is 467 g/mol. The number of nitrogens with one attached hydrogen (secondary N) is 2. The molecule has 0 aliphatic rings. The van der Waals surface area contributed by atoms with Crippen molar-refractivity contribution in [3.8, 4) is 5.69 Å². The van der Waals surface area contributed by atoms with Crippen molar-refractivity contribution in [2.24, 2.45) is 0 Å². The molecule has 8 nitrogen and oxygen atoms in total. The lowest BCUT2D eigenvalue weighted by Gasteiger charge is -2.13. The number of aromatic amines is 1. The van der Waals surface area contributed by atoms with Crippen LogP contribution in [0.3, 0.4) is 0 Å². The Labute approximate surface area is 179 Å². The average Bonchev–Trinajstić information content (AvgIpc) is 3.06. The fourth-order valence-electron chi connectivity index (χ4n) is 3.25. The van der Waals surface area contributed by atoms with Crippen LogP contribution in [0.1, 0.15) is 12.1 Å². The lowest BCUT2D eigenvalue weighted by Crippen LogP contribution is -2.24. The summed E-state index contributed by atoms with van der Waals surface area (Å²) in [7, 11) is 0. The Hall–Kier alpha value is -3.46. The number of rotatable bonds is 5. The molecule has 0 atom stereocenters. The molecule has 0 bridgehead atoms. The zero-order valence-electron chi connectivity index (χ0n) is 16.1. The highest BCUT2D eigenvalue weighted by Gasteiger charge is 2.13. The van der Waals surface area contributed by atoms with Crippen LogP contribution in [0.2, 0.25) is 0 Å². The molecular formula is C21H18BrN5O3. The number of carbonyl (C=O) groups excluding carboxylic acids is 1. The number of para-hydroxylation sites is 2. The van der Waals surface area contributed by atoms with Gasteiger partial charge in [0.25, 0.3) is 5.56 Å². The average molecular weight is 468 g/mol. The second-order valence-electron chi connectivity index (χ2n) is 6.79. The molecule has 4 aromatic rings. The molecule has 0 radical (unpaired) electrons. The first-order valence-electron chi connectivity index (χ1n) is 9.25. The topological polar surface area (TPSA) is 102 Å². The van der Waals surface area contributed by atoms with Gasteiger partial charge >= 0.3 is 5.69 Å². The van der Waals surface area contributed by atoms with Crippen molar-refractivity contribution >= 4 is 38.4 Å². The molecule has 0 spiro atoms. The van der Waals surface area contributed by atoms with Crippen LogP contribution < -0.4 is 16.6 Å². The number of nitrogens with zero attached hydrogens (tertiary/aromatic N) is 3. The van der Waals surface area contributed by atoms with Crippen LogP contribution >= 0.6 is 15.9 Å². The molecular weight excluding hydrogens is 450 g/mol. The normalized spacial score (nSPS) is 11.0. The van der Waals surface area contributed by atoms with Gasteiger partial charge in [0.05, 0.1) is 28.6 Å². The molecule has 9 heteroatoms. The maximum Gasteiger partial charge on any atom is 0.330 e. The Balaban J connectivity index is 1.53. The van der Waals surface area contributed by atoms with Crippen molar-refractivity contribution in [3.63, 3.8) is 0 Å². The molecule has 0 saturated carbocycles. The summed E-state index contributed by atoms with van der Waals surface area (Å²) in [6, 6.07) is 12.4. The molecule has 0 aliphatic heterocycles. The van der Waals surface area contributed by atoms with E-state index in [0.29, 0.717) is 22.3 Å². The fourth-order valence-corrected chi connectivity index (χ4v) is 3.62. The van der Waals surface area contributed by atoms with Crippen molar-refractivity contribution < 1.29 is 4.79 Å². The van der Waals surface area contributed by atoms with E-state index in [1.54, 1.807) is 49.5 Å². The number of anilines is 1. The van der Waals surface area contributed by atoms with E-state index in [1.807, 2.05) is 6.07 Å². The van der Waals surface area contributed by atoms with E-state index in [4.69, 9.17) is 0 Å². The minimum atomic E-state index is -0.283. The first-order chi connectivity index (χ1) is 14.4. The molecule has 30 heavy (non-hydrogen) atoms. The Morgan fingerprint density at radius 2 is 2.00 bits per heavy atom. The molecule has 0 saturated heterocycles. The van der Waals surface area contributed by atoms with Crippen molar-refractivity contribution in [1.29, 1.82) is 0 Å². The molecule has 4 rings (SSSR count). The van der Waals surface area contributed by atoms with Gasteiger partial charge in [0, 0.05) is 29.3 Å². The predicted molar refractivity (Wildman–Crippen MR) is 118 cm³/mol. The minimum Gasteiger partial charge on any atom is -0.324 e. The van der Waals surface area contributed by atoms with E-state index < -0.39 is 0 Å². The number of amides is 1. The van der Waals surface area contributed by atoms with Crippen LogP contribution in [-0.4, -0.2) is 25.0 Å². The molecule has 2 N–H and O–H groups in total. The summed E-state index contributed by atoms with van der Waals surface area (Å²) in [5, 5.41) is 3.32. The lowest BCUT2D eigenvalue weighted by molar-refractivity contribution is -0.116. The van der Waals surface area contributed by atoms with Crippen molar-refractivity contribution in [1.82, 2.24) is 19.1 Å². The van der Waals surface area contributed by atoms with Crippen molar-refractivity contribution in [3.05, 3.63) is 86.0 Å². The van der Waals surface area contributed by atoms with Gasteiger partial charge in [-0.1, -0.05) is 28.1 Å². The highest BCUT2D eigenvalue weighted by molar-refractivity contribution is 9.10. The number of hydrogen-bond donors (Lipinski definition) is 2. The largest absolute Gasteiger partial charge is 0.330 e. The molecule has 2 aromatic carbocycles. The number of imidazole rings is 1. The second kappa shape index (κ2) is 8.11. The Morgan fingerprint density at radius 1 is 1.20 bits per heavy atom. The van der Waals surface area contributed by atoms with E-state index in [0.717, 1.165) is 10.2 Å². The summed E-state index contributed by atoms with van der Waals surface area (Å²) >= 11 is 3.36. The zero-order chi connectivity index (χ0) is 21.3. The number of carbonyl (C=O) groups is 1. The van der Waals surface area contributed by atoms with Crippen LogP contribution in [0.5, 0.6) is 0 Å². The third-order valence-electron chi connectivity index (χ3n) is 4.75. The van der Waals surface area contributed by atoms with E-state index in [1.165, 1.54) is 15.5 Å². The summed E-state index contributed by atoms with van der Waals surface area (Å²) in [5.74, 6) is -0.273. The van der Waals surface area contributed by atoms with Crippen molar-refractivity contribution in [2.75, 3.05) is 5.32 Å². The van der Waals surface area contributed by atoms with Gasteiger partial charge in [0.2, 0.25) is 5.91 Å². The van der Waals surface area contributed by atoms with E-state index >= 15 is 0 Å². The molecule has 0 aliphatic carbocycles. The number of benzene rings is 2. The van der Waals surface area contributed by atoms with Crippen LogP contribution in [0.15, 0.2) is 69.1 Å². The Morgan fingerprint density at radius 3 is 2.77 bits per heavy atom. The predicted octanol–water partition coefficient (Wildman–Crippen LogP) is 2.98. The summed E-state index contributed by atoms with van der Waals surface area (Å²) in [5.41, 5.74) is 1.93. The molecule has 152 valence electrons. The van der Waals surface area contributed by atoms with Gasteiger partial charge in [-0.3, -0.25) is 18.7 Å². The number of halogens is 1. The summed E-state index contributed by atoms with van der Waals surface area (Å²) < 4.78 is 3.70. The van der Waals surface area contributed by atoms with Gasteiger partial charge in [-0.25, -0.2) is 9.78 Å². The summed E-state index contributed by atoms with van der Waals surface area (Å²) in [4.78, 5) is 44.2. The third kappa shape index (κ3) is 3.84. The maximum atomic E-state index is 12.7. The summed E-state index contributed by atoms with van der Waals surface area (Å²) in [6.45, 7) is 1.99. The summed E-state index contributed by atoms with van der Waals surface area (Å²) in [6.07, 6.45) is 3.14. The van der Waals surface area contributed by atoms with E-state index in [9.17, 15) is 14.4 Å². The lowest BCUT2D eigenvalue weighted by atomic mass is 10.2. The van der Waals surface area contributed by atoms with Crippen LogP contribution in [0, 0.1) is 6.92 Å². The van der Waals surface area contributed by atoms with Crippen LogP contribution in [-0.2, 0) is 11.3 Å². The van der Waals surface area contributed by atoms with Gasteiger partial charge in [-0.2, -0.15) is 0 Å². The Kier molecular flexibility index (Phi) is 5.37. The maximum absolute atomic E-state index is 12.7. The number of aromatic nitrogens is 4. The number of aryl methyl sites for hydroxylation is 2. The van der Waals surface area contributed by atoms with Crippen LogP contribution in [0.4, 0.5) is 5.69 Å². The standard InChI is InChI=1S/C21H18BrN5O3/c1-13-11-23-21(30)27(13)18-5-3-2-4-17(18)25-19(28)8-9-26-12-24-16-7-6-14(22)10-15(16)20(26)29/h2-7,10-12H,8-9H2,1H3,(H,23,30)(H,25,28). The van der Waals surface area contributed by atoms with Gasteiger partial charge in [0.15, 0.2) is 0 Å². The molecule has 0 fully saturated rings. The van der Waals surface area contributed by atoms with Crippen molar-refractivity contribution in [2.45, 2.75) is 19.9 Å². The third-order valence-corrected chi connectivity index (χ3v) is 5.24. The number of hydrogen-bond acceptors (Lipinski definition) is 4. The Bertz CT molecular complexity index is 1370. The molecule has 2 heterocycles. The highest BCUT2D eigenvalue weighted by Crippen LogP contribution is 2.20. The van der Waals surface area contributed by atoms with Gasteiger partial charge in [-0.15, -0.1) is 0 Å².